The van der Waals surface area contributed by atoms with Gasteiger partial charge in [-0.1, -0.05) is 23.5 Å². The first-order valence-electron chi connectivity index (χ1n) is 8.13. The Balaban J connectivity index is 1.60. The molecular weight excluding hydrogens is 327 g/mol. The first-order chi connectivity index (χ1) is 11.6. The van der Waals surface area contributed by atoms with Crippen molar-refractivity contribution in [2.75, 3.05) is 39.2 Å². The highest BCUT2D eigenvalue weighted by atomic mass is 32.1. The zero-order chi connectivity index (χ0) is 17.0. The summed E-state index contributed by atoms with van der Waals surface area (Å²) in [7, 11) is 4.24. The Labute approximate surface area is 145 Å². The summed E-state index contributed by atoms with van der Waals surface area (Å²) < 4.78 is 18.5. The van der Waals surface area contributed by atoms with E-state index in [2.05, 4.69) is 34.5 Å². The Bertz CT molecular complexity index is 653. The number of aromatic nitrogens is 2. The van der Waals surface area contributed by atoms with Gasteiger partial charge in [0.2, 0.25) is 5.13 Å². The fourth-order valence-corrected chi connectivity index (χ4v) is 3.72. The first-order valence-corrected chi connectivity index (χ1v) is 8.95. The largest absolute Gasteiger partial charge is 0.381 e. The molecule has 0 unspecified atom stereocenters. The number of likely N-dealkylation sites (N-methyl/N-ethyl adjacent to an activating group) is 1. The number of anilines is 1. The van der Waals surface area contributed by atoms with Crippen molar-refractivity contribution in [3.8, 4) is 0 Å². The minimum Gasteiger partial charge on any atom is -0.381 e. The van der Waals surface area contributed by atoms with Gasteiger partial charge in [0.15, 0.2) is 0 Å². The molecule has 0 spiro atoms. The molecule has 2 aromatic rings. The summed E-state index contributed by atoms with van der Waals surface area (Å²) in [6, 6.07) is 6.52. The summed E-state index contributed by atoms with van der Waals surface area (Å²) in [5.41, 5.74) is 1.13. The molecule has 0 atom stereocenters. The van der Waals surface area contributed by atoms with Crippen molar-refractivity contribution in [3.05, 3.63) is 40.7 Å². The molecule has 130 valence electrons. The van der Waals surface area contributed by atoms with Crippen LogP contribution in [0, 0.1) is 5.82 Å². The number of nitrogens with one attached hydrogen (secondary N) is 1. The molecule has 1 saturated heterocycles. The van der Waals surface area contributed by atoms with E-state index in [0.29, 0.717) is 6.42 Å². The van der Waals surface area contributed by atoms with Gasteiger partial charge >= 0.3 is 0 Å². The van der Waals surface area contributed by atoms with Crippen molar-refractivity contribution in [2.45, 2.75) is 24.8 Å². The Morgan fingerprint density at radius 2 is 1.92 bits per heavy atom. The molecule has 1 N–H and O–H groups in total. The monoisotopic (exact) mass is 350 g/mol. The second kappa shape index (κ2) is 7.55. The molecule has 7 heteroatoms. The van der Waals surface area contributed by atoms with E-state index >= 15 is 0 Å². The number of nitrogens with zero attached hydrogens (tertiary/aromatic N) is 3. The number of hydrogen-bond acceptors (Lipinski definition) is 6. The maximum absolute atomic E-state index is 13.0. The second-order valence-corrected chi connectivity index (χ2v) is 7.45. The minimum atomic E-state index is -0.219. The SMILES string of the molecule is CN(C)C1(CNc2nnc(Cc3ccc(F)cc3)s2)CCOCC1. The zero-order valence-electron chi connectivity index (χ0n) is 14.1. The maximum Gasteiger partial charge on any atom is 0.205 e. The quantitative estimate of drug-likeness (QED) is 0.868. The molecule has 1 aliphatic rings. The fourth-order valence-electron chi connectivity index (χ4n) is 2.95. The lowest BCUT2D eigenvalue weighted by Gasteiger charge is -2.42. The van der Waals surface area contributed by atoms with Gasteiger partial charge < -0.3 is 15.0 Å². The van der Waals surface area contributed by atoms with E-state index in [1.54, 1.807) is 23.5 Å². The van der Waals surface area contributed by atoms with Crippen LogP contribution in [0.2, 0.25) is 0 Å². The summed E-state index contributed by atoms with van der Waals surface area (Å²) in [5, 5.41) is 13.7. The molecule has 0 radical (unpaired) electrons. The Hall–Kier alpha value is -1.57. The van der Waals surface area contributed by atoms with Gasteiger partial charge in [-0.25, -0.2) is 4.39 Å². The average Bonchev–Trinajstić information content (AvgIpc) is 3.03. The van der Waals surface area contributed by atoms with Gasteiger partial charge in [0.05, 0.1) is 0 Å². The van der Waals surface area contributed by atoms with Crippen molar-refractivity contribution >= 4 is 16.5 Å². The smallest absolute Gasteiger partial charge is 0.205 e. The van der Waals surface area contributed by atoms with Gasteiger partial charge in [-0.3, -0.25) is 0 Å². The van der Waals surface area contributed by atoms with Gasteiger partial charge in [-0.2, -0.15) is 0 Å². The van der Waals surface area contributed by atoms with Crippen LogP contribution in [0.25, 0.3) is 0 Å². The van der Waals surface area contributed by atoms with Gasteiger partial charge in [0.1, 0.15) is 10.8 Å². The topological polar surface area (TPSA) is 50.3 Å². The molecule has 1 aromatic heterocycles. The molecule has 0 bridgehead atoms. The summed E-state index contributed by atoms with van der Waals surface area (Å²) in [6.07, 6.45) is 2.69. The van der Waals surface area contributed by atoms with Gasteiger partial charge in [-0.15, -0.1) is 10.2 Å². The predicted molar refractivity (Wildman–Crippen MR) is 94.1 cm³/mol. The standard InChI is InChI=1S/C17H23FN4OS/c1-22(2)17(7-9-23-10-8-17)12-19-16-21-20-15(24-16)11-13-3-5-14(18)6-4-13/h3-6H,7-12H2,1-2H3,(H,19,21). The van der Waals surface area contributed by atoms with Crippen LogP contribution in [0.5, 0.6) is 0 Å². The molecule has 0 amide bonds. The molecular formula is C17H23FN4OS. The minimum absolute atomic E-state index is 0.0983. The molecule has 0 aliphatic carbocycles. The van der Waals surface area contributed by atoms with E-state index in [4.69, 9.17) is 4.74 Å². The molecule has 2 heterocycles. The lowest BCUT2D eigenvalue weighted by atomic mass is 9.89. The number of hydrogen-bond donors (Lipinski definition) is 1. The third-order valence-electron chi connectivity index (χ3n) is 4.68. The molecule has 1 aromatic carbocycles. The lowest BCUT2D eigenvalue weighted by Crippen LogP contribution is -2.53. The van der Waals surface area contributed by atoms with E-state index in [1.165, 1.54) is 12.1 Å². The molecule has 3 rings (SSSR count). The lowest BCUT2D eigenvalue weighted by molar-refractivity contribution is -0.000634. The summed E-state index contributed by atoms with van der Waals surface area (Å²) in [6.45, 7) is 2.42. The molecule has 24 heavy (non-hydrogen) atoms. The summed E-state index contributed by atoms with van der Waals surface area (Å²) >= 11 is 1.55. The van der Waals surface area contributed by atoms with Crippen LogP contribution in [-0.2, 0) is 11.2 Å². The van der Waals surface area contributed by atoms with Crippen molar-refractivity contribution < 1.29 is 9.13 Å². The Kier molecular flexibility index (Phi) is 5.43. The predicted octanol–water partition coefficient (Wildman–Crippen LogP) is 2.79. The van der Waals surface area contributed by atoms with Crippen LogP contribution in [0.3, 0.4) is 0 Å². The highest BCUT2D eigenvalue weighted by Gasteiger charge is 2.34. The Morgan fingerprint density at radius 3 is 2.58 bits per heavy atom. The maximum atomic E-state index is 13.0. The van der Waals surface area contributed by atoms with E-state index in [1.807, 2.05) is 0 Å². The van der Waals surface area contributed by atoms with Gasteiger partial charge in [-0.05, 0) is 44.6 Å². The molecule has 1 aliphatic heterocycles. The van der Waals surface area contributed by atoms with E-state index < -0.39 is 0 Å². The van der Waals surface area contributed by atoms with E-state index in [-0.39, 0.29) is 11.4 Å². The number of benzene rings is 1. The van der Waals surface area contributed by atoms with Crippen LogP contribution >= 0.6 is 11.3 Å². The molecule has 0 saturated carbocycles. The summed E-state index contributed by atoms with van der Waals surface area (Å²) in [5.74, 6) is -0.219. The van der Waals surface area contributed by atoms with Crippen LogP contribution in [0.1, 0.15) is 23.4 Å². The Morgan fingerprint density at radius 1 is 1.21 bits per heavy atom. The highest BCUT2D eigenvalue weighted by Crippen LogP contribution is 2.27. The molecule has 5 nitrogen and oxygen atoms in total. The summed E-state index contributed by atoms with van der Waals surface area (Å²) in [4.78, 5) is 2.28. The number of rotatable bonds is 6. The highest BCUT2D eigenvalue weighted by molar-refractivity contribution is 7.15. The van der Waals surface area contributed by atoms with Crippen molar-refractivity contribution in [3.63, 3.8) is 0 Å². The number of ether oxygens (including phenoxy) is 1. The first kappa shape index (κ1) is 17.3. The van der Waals surface area contributed by atoms with E-state index in [0.717, 1.165) is 48.3 Å². The van der Waals surface area contributed by atoms with Crippen molar-refractivity contribution in [1.29, 1.82) is 0 Å². The molecule has 1 fully saturated rings. The van der Waals surface area contributed by atoms with Crippen molar-refractivity contribution in [1.82, 2.24) is 15.1 Å². The van der Waals surface area contributed by atoms with Gasteiger partial charge in [0.25, 0.3) is 0 Å². The average molecular weight is 350 g/mol. The van der Waals surface area contributed by atoms with Crippen LogP contribution in [0.4, 0.5) is 9.52 Å². The van der Waals surface area contributed by atoms with Crippen molar-refractivity contribution in [2.24, 2.45) is 0 Å². The third-order valence-corrected chi connectivity index (χ3v) is 5.56. The van der Waals surface area contributed by atoms with Gasteiger partial charge in [0, 0.05) is 31.7 Å². The third kappa shape index (κ3) is 4.09. The fraction of sp³-hybridized carbons (Fsp3) is 0.529. The number of halogens is 1. The second-order valence-electron chi connectivity index (χ2n) is 6.39. The zero-order valence-corrected chi connectivity index (χ0v) is 14.9. The van der Waals surface area contributed by atoms with Crippen LogP contribution in [-0.4, -0.2) is 54.5 Å². The normalized spacial score (nSPS) is 17.2. The van der Waals surface area contributed by atoms with E-state index in [9.17, 15) is 4.39 Å². The van der Waals surface area contributed by atoms with Crippen LogP contribution in [0.15, 0.2) is 24.3 Å². The van der Waals surface area contributed by atoms with Crippen LogP contribution < -0.4 is 5.32 Å².